The highest BCUT2D eigenvalue weighted by Crippen LogP contribution is 2.39. The van der Waals surface area contributed by atoms with E-state index < -0.39 is 46.4 Å². The zero-order valence-electron chi connectivity index (χ0n) is 20.9. The third-order valence-electron chi connectivity index (χ3n) is 4.66. The molecule has 180 valence electrons. The van der Waals surface area contributed by atoms with Gasteiger partial charge in [0.1, 0.15) is 0 Å². The van der Waals surface area contributed by atoms with E-state index in [0.717, 1.165) is 0 Å². The molecule has 0 aliphatic carbocycles. The first kappa shape index (κ1) is 28.8. The lowest BCUT2D eigenvalue weighted by molar-refractivity contribution is -0.131. The zero-order chi connectivity index (χ0) is 24.4. The second-order valence-electron chi connectivity index (χ2n) is 11.3. The van der Waals surface area contributed by atoms with Gasteiger partial charge in [0.05, 0.1) is 0 Å². The third-order valence-corrected chi connectivity index (χ3v) is 19.1. The van der Waals surface area contributed by atoms with Gasteiger partial charge in [-0.05, 0) is 75.4 Å². The van der Waals surface area contributed by atoms with Gasteiger partial charge in [-0.15, -0.1) is 0 Å². The highest BCUT2D eigenvalue weighted by Gasteiger charge is 2.50. The molecule has 0 N–H and O–H groups in total. The first-order valence-electron chi connectivity index (χ1n) is 10.9. The minimum absolute atomic E-state index is 0.107. The van der Waals surface area contributed by atoms with Crippen LogP contribution in [0.25, 0.3) is 0 Å². The molecule has 0 aromatic heterocycles. The molecule has 0 bridgehead atoms. The fourth-order valence-electron chi connectivity index (χ4n) is 4.13. The van der Waals surface area contributed by atoms with Gasteiger partial charge in [0.25, 0.3) is 0 Å². The molecule has 1 aromatic carbocycles. The van der Waals surface area contributed by atoms with Crippen molar-refractivity contribution in [2.75, 3.05) is 0 Å². The van der Waals surface area contributed by atoms with E-state index in [1.165, 1.54) is 5.56 Å². The number of alkyl halides is 3. The SMILES string of the molecule is CC(C)(C[Si](C)(O[Si](C)(C)C)O[Si](C)(CCC(F)(F)F)O[Si](C)(C)C)c1ccccc1. The summed E-state index contributed by atoms with van der Waals surface area (Å²) in [5, 5.41) is 0. The van der Waals surface area contributed by atoms with Crippen molar-refractivity contribution in [3.8, 4) is 0 Å². The van der Waals surface area contributed by atoms with Crippen LogP contribution in [0.3, 0.4) is 0 Å². The van der Waals surface area contributed by atoms with Gasteiger partial charge in [-0.2, -0.15) is 13.2 Å². The molecule has 0 amide bonds. The molecule has 1 rings (SSSR count). The van der Waals surface area contributed by atoms with Crippen LogP contribution >= 0.6 is 0 Å². The highest BCUT2D eigenvalue weighted by atomic mass is 28.5. The maximum absolute atomic E-state index is 13.1. The van der Waals surface area contributed by atoms with Crippen molar-refractivity contribution in [2.45, 2.75) is 96.3 Å². The van der Waals surface area contributed by atoms with Gasteiger partial charge in [0, 0.05) is 6.42 Å². The Morgan fingerprint density at radius 1 is 0.710 bits per heavy atom. The fourth-order valence-corrected chi connectivity index (χ4v) is 23.2. The molecule has 0 aliphatic rings. The van der Waals surface area contributed by atoms with Crippen molar-refractivity contribution >= 4 is 33.8 Å². The van der Waals surface area contributed by atoms with Gasteiger partial charge in [0.2, 0.25) is 0 Å². The van der Waals surface area contributed by atoms with Crippen LogP contribution in [0.4, 0.5) is 13.2 Å². The molecule has 0 saturated heterocycles. The van der Waals surface area contributed by atoms with Gasteiger partial charge >= 0.3 is 23.3 Å². The van der Waals surface area contributed by atoms with E-state index in [2.05, 4.69) is 45.6 Å². The number of hydrogen-bond donors (Lipinski definition) is 0. The van der Waals surface area contributed by atoms with Crippen LogP contribution in [-0.2, 0) is 17.8 Å². The van der Waals surface area contributed by atoms with E-state index in [0.29, 0.717) is 6.04 Å². The first-order chi connectivity index (χ1) is 13.6. The largest absolute Gasteiger partial charge is 0.437 e. The highest BCUT2D eigenvalue weighted by molar-refractivity contribution is 6.89. The molecule has 0 radical (unpaired) electrons. The molecule has 31 heavy (non-hydrogen) atoms. The fraction of sp³-hybridized carbons (Fsp3) is 0.714. The number of benzene rings is 1. The molecule has 0 aliphatic heterocycles. The predicted molar refractivity (Wildman–Crippen MR) is 133 cm³/mol. The van der Waals surface area contributed by atoms with Crippen LogP contribution < -0.4 is 0 Å². The Morgan fingerprint density at radius 3 is 1.58 bits per heavy atom. The van der Waals surface area contributed by atoms with E-state index in [1.807, 2.05) is 44.4 Å². The van der Waals surface area contributed by atoms with E-state index >= 15 is 0 Å². The normalized spacial score (nSPS) is 17.8. The van der Waals surface area contributed by atoms with Crippen molar-refractivity contribution in [3.63, 3.8) is 0 Å². The van der Waals surface area contributed by atoms with Crippen molar-refractivity contribution in [1.29, 1.82) is 0 Å². The van der Waals surface area contributed by atoms with Crippen molar-refractivity contribution in [1.82, 2.24) is 0 Å². The zero-order valence-corrected chi connectivity index (χ0v) is 24.9. The van der Waals surface area contributed by atoms with Crippen LogP contribution in [0.2, 0.25) is 64.5 Å². The van der Waals surface area contributed by atoms with E-state index in [1.54, 1.807) is 6.55 Å². The minimum Gasteiger partial charge on any atom is -0.437 e. The first-order valence-corrected chi connectivity index (χ1v) is 22.7. The molecule has 0 spiro atoms. The van der Waals surface area contributed by atoms with Crippen molar-refractivity contribution in [2.24, 2.45) is 0 Å². The second-order valence-corrected chi connectivity index (χ2v) is 27.6. The van der Waals surface area contributed by atoms with Gasteiger partial charge in [0.15, 0.2) is 16.6 Å². The van der Waals surface area contributed by atoms with Crippen LogP contribution in [0.1, 0.15) is 25.8 Å². The number of rotatable bonds is 11. The van der Waals surface area contributed by atoms with E-state index in [4.69, 9.17) is 12.3 Å². The second kappa shape index (κ2) is 9.94. The third kappa shape index (κ3) is 11.4. The predicted octanol–water partition coefficient (Wildman–Crippen LogP) is 7.78. The van der Waals surface area contributed by atoms with Crippen LogP contribution in [0.15, 0.2) is 30.3 Å². The quantitative estimate of drug-likeness (QED) is 0.284. The summed E-state index contributed by atoms with van der Waals surface area (Å²) in [6, 6.07) is 10.7. The Balaban J connectivity index is 3.31. The average Bonchev–Trinajstić information content (AvgIpc) is 2.48. The monoisotopic (exact) mass is 510 g/mol. The summed E-state index contributed by atoms with van der Waals surface area (Å²) in [4.78, 5) is 0. The Morgan fingerprint density at radius 2 is 1.16 bits per heavy atom. The Hall–Kier alpha value is -0.242. The van der Waals surface area contributed by atoms with Gasteiger partial charge in [-0.1, -0.05) is 44.2 Å². The van der Waals surface area contributed by atoms with Gasteiger partial charge in [-0.25, -0.2) is 0 Å². The molecule has 0 heterocycles. The summed E-state index contributed by atoms with van der Waals surface area (Å²) in [6.07, 6.45) is -5.12. The van der Waals surface area contributed by atoms with Crippen LogP contribution in [0, 0.1) is 0 Å². The van der Waals surface area contributed by atoms with Crippen LogP contribution in [-0.4, -0.2) is 39.9 Å². The summed E-state index contributed by atoms with van der Waals surface area (Å²) in [5.41, 5.74) is 0.932. The summed E-state index contributed by atoms with van der Waals surface area (Å²) in [5.74, 6) is 0. The molecule has 2 unspecified atom stereocenters. The minimum atomic E-state index is -4.23. The Kier molecular flexibility index (Phi) is 9.23. The van der Waals surface area contributed by atoms with E-state index in [-0.39, 0.29) is 11.5 Å². The Labute approximate surface area is 191 Å². The van der Waals surface area contributed by atoms with Crippen molar-refractivity contribution in [3.05, 3.63) is 35.9 Å². The van der Waals surface area contributed by atoms with Crippen molar-refractivity contribution < 1.29 is 25.5 Å². The topological polar surface area (TPSA) is 27.7 Å². The smallest absolute Gasteiger partial charge is 0.389 e. The van der Waals surface area contributed by atoms with Gasteiger partial charge in [-0.3, -0.25) is 0 Å². The molecule has 0 saturated carbocycles. The molecule has 10 heteroatoms. The summed E-state index contributed by atoms with van der Waals surface area (Å²) < 4.78 is 59.2. The van der Waals surface area contributed by atoms with Gasteiger partial charge < -0.3 is 12.3 Å². The number of halogens is 3. The molecular formula is C21H41F3O3Si4. The lowest BCUT2D eigenvalue weighted by Crippen LogP contribution is -2.59. The maximum atomic E-state index is 13.1. The molecule has 0 fully saturated rings. The Bertz CT molecular complexity index is 703. The molecule has 3 nitrogen and oxygen atoms in total. The standard InChI is InChI=1S/C21H41F3O3Si4/c1-20(2,19-14-12-11-13-15-19)18-31(10,26-29(6,7)8)27-30(9,25-28(3,4)5)17-16-21(22,23)24/h11-15H,16-18H2,1-10H3. The molecular weight excluding hydrogens is 470 g/mol. The average molecular weight is 511 g/mol. The van der Waals surface area contributed by atoms with Crippen LogP contribution in [0.5, 0.6) is 0 Å². The lowest BCUT2D eigenvalue weighted by atomic mass is 9.87. The maximum Gasteiger partial charge on any atom is 0.389 e. The van der Waals surface area contributed by atoms with E-state index in [9.17, 15) is 13.2 Å². The summed E-state index contributed by atoms with van der Waals surface area (Å²) in [6.45, 7) is 20.4. The summed E-state index contributed by atoms with van der Waals surface area (Å²) in [7, 11) is -10.2. The number of hydrogen-bond acceptors (Lipinski definition) is 3. The summed E-state index contributed by atoms with van der Waals surface area (Å²) >= 11 is 0. The molecule has 2 atom stereocenters. The molecule has 1 aromatic rings. The lowest BCUT2D eigenvalue weighted by Gasteiger charge is -2.45.